The van der Waals surface area contributed by atoms with Crippen LogP contribution in [-0.2, 0) is 4.79 Å². The highest BCUT2D eigenvalue weighted by molar-refractivity contribution is 7.99. The third-order valence-corrected chi connectivity index (χ3v) is 7.22. The Labute approximate surface area is 201 Å². The number of hydrogen-bond donors (Lipinski definition) is 1. The Morgan fingerprint density at radius 3 is 2.88 bits per heavy atom. The number of aromatic nitrogens is 4. The highest BCUT2D eigenvalue weighted by atomic mass is 32.2. The Balaban J connectivity index is 1.39. The van der Waals surface area contributed by atoms with E-state index in [1.54, 1.807) is 18.5 Å². The van der Waals surface area contributed by atoms with Crippen LogP contribution in [-0.4, -0.2) is 31.4 Å². The molecule has 34 heavy (non-hydrogen) atoms. The van der Waals surface area contributed by atoms with Gasteiger partial charge < -0.3 is 9.73 Å². The van der Waals surface area contributed by atoms with Crippen LogP contribution in [0.4, 0.5) is 5.69 Å². The highest BCUT2D eigenvalue weighted by Crippen LogP contribution is 2.39. The fourth-order valence-electron chi connectivity index (χ4n) is 4.60. The molecule has 1 fully saturated rings. The molecule has 0 bridgehead atoms. The van der Waals surface area contributed by atoms with Crippen LogP contribution in [0.5, 0.6) is 0 Å². The largest absolute Gasteiger partial charge is 0.443 e. The second kappa shape index (κ2) is 9.69. The van der Waals surface area contributed by atoms with E-state index in [4.69, 9.17) is 4.42 Å². The van der Waals surface area contributed by atoms with Crippen molar-refractivity contribution in [2.45, 2.75) is 43.8 Å². The zero-order chi connectivity index (χ0) is 23.5. The third-order valence-electron chi connectivity index (χ3n) is 6.28. The molecule has 1 amide bonds. The second-order valence-electron chi connectivity index (χ2n) is 8.50. The Bertz CT molecular complexity index is 1360. The number of nitrogens with one attached hydrogen (secondary N) is 1. The third kappa shape index (κ3) is 4.29. The first kappa shape index (κ1) is 22.2. The van der Waals surface area contributed by atoms with Gasteiger partial charge in [-0.2, -0.15) is 5.26 Å². The average molecular weight is 473 g/mol. The zero-order valence-corrected chi connectivity index (χ0v) is 19.6. The van der Waals surface area contributed by atoms with Crippen molar-refractivity contribution in [3.8, 4) is 17.5 Å². The van der Waals surface area contributed by atoms with Crippen LogP contribution in [0.25, 0.3) is 22.4 Å². The van der Waals surface area contributed by atoms with E-state index in [1.807, 2.05) is 36.4 Å². The first-order valence-electron chi connectivity index (χ1n) is 11.3. The number of hydrogen-bond acceptors (Lipinski definition) is 7. The number of fused-ring (bicyclic) bond motifs is 1. The molecular weight excluding hydrogens is 448 g/mol. The Kier molecular flexibility index (Phi) is 6.32. The maximum Gasteiger partial charge on any atom is 0.234 e. The lowest BCUT2D eigenvalue weighted by Gasteiger charge is -2.31. The van der Waals surface area contributed by atoms with E-state index in [-0.39, 0.29) is 23.5 Å². The summed E-state index contributed by atoms with van der Waals surface area (Å²) in [7, 11) is 0. The van der Waals surface area contributed by atoms with Gasteiger partial charge >= 0.3 is 0 Å². The molecule has 0 unspecified atom stereocenters. The summed E-state index contributed by atoms with van der Waals surface area (Å²) in [4.78, 5) is 17.1. The minimum atomic E-state index is -0.234. The number of nitrogens with zero attached hydrogens (tertiary/aromatic N) is 5. The van der Waals surface area contributed by atoms with Gasteiger partial charge in [-0.25, -0.2) is 0 Å². The minimum absolute atomic E-state index is 0.0950. The molecule has 3 aromatic heterocycles. The molecule has 2 atom stereocenters. The van der Waals surface area contributed by atoms with E-state index >= 15 is 0 Å². The van der Waals surface area contributed by atoms with Crippen molar-refractivity contribution >= 4 is 34.3 Å². The lowest BCUT2D eigenvalue weighted by Crippen LogP contribution is -2.23. The van der Waals surface area contributed by atoms with Gasteiger partial charge in [0.1, 0.15) is 17.3 Å². The predicted molar refractivity (Wildman–Crippen MR) is 130 cm³/mol. The fraction of sp³-hybridized carbons (Fsp3) is 0.320. The Morgan fingerprint density at radius 1 is 1.24 bits per heavy atom. The van der Waals surface area contributed by atoms with Crippen molar-refractivity contribution < 1.29 is 9.21 Å². The van der Waals surface area contributed by atoms with E-state index in [0.717, 1.165) is 30.7 Å². The molecule has 9 heteroatoms. The molecule has 0 radical (unpaired) electrons. The first-order chi connectivity index (χ1) is 16.7. The maximum absolute atomic E-state index is 12.9. The molecule has 4 aromatic rings. The molecule has 1 aliphatic rings. The van der Waals surface area contributed by atoms with Crippen molar-refractivity contribution in [3.63, 3.8) is 0 Å². The summed E-state index contributed by atoms with van der Waals surface area (Å²) in [5, 5.41) is 22.6. The van der Waals surface area contributed by atoms with Gasteiger partial charge in [-0.15, -0.1) is 10.2 Å². The SMILES string of the molecule is C[C@@H]1CCCC[C@H]1n1c(SCC(=O)Nc2c(C#N)oc3ccccc23)nnc1-c1cccnc1. The number of rotatable bonds is 6. The van der Waals surface area contributed by atoms with E-state index < -0.39 is 0 Å². The van der Waals surface area contributed by atoms with Crippen LogP contribution in [0.3, 0.4) is 0 Å². The number of amides is 1. The van der Waals surface area contributed by atoms with Gasteiger partial charge in [0.25, 0.3) is 0 Å². The van der Waals surface area contributed by atoms with E-state index in [1.165, 1.54) is 18.2 Å². The quantitative estimate of drug-likeness (QED) is 0.372. The van der Waals surface area contributed by atoms with Crippen molar-refractivity contribution in [1.29, 1.82) is 5.26 Å². The molecular formula is C25H24N6O2S. The molecule has 5 rings (SSSR count). The normalized spacial score (nSPS) is 18.0. The van der Waals surface area contributed by atoms with Gasteiger partial charge in [0, 0.05) is 29.4 Å². The van der Waals surface area contributed by atoms with Crippen LogP contribution >= 0.6 is 11.8 Å². The first-order valence-corrected chi connectivity index (χ1v) is 12.3. The number of pyridine rings is 1. The summed E-state index contributed by atoms with van der Waals surface area (Å²) >= 11 is 1.35. The number of para-hydroxylation sites is 1. The molecule has 1 aliphatic carbocycles. The highest BCUT2D eigenvalue weighted by Gasteiger charge is 2.29. The van der Waals surface area contributed by atoms with Crippen molar-refractivity contribution in [1.82, 2.24) is 19.7 Å². The molecule has 0 aliphatic heterocycles. The second-order valence-corrected chi connectivity index (χ2v) is 9.44. The van der Waals surface area contributed by atoms with E-state index in [0.29, 0.717) is 27.7 Å². The van der Waals surface area contributed by atoms with Crippen molar-refractivity contribution in [2.24, 2.45) is 5.92 Å². The Morgan fingerprint density at radius 2 is 2.09 bits per heavy atom. The van der Waals surface area contributed by atoms with Gasteiger partial charge in [-0.1, -0.05) is 43.7 Å². The lowest BCUT2D eigenvalue weighted by atomic mass is 9.85. The maximum atomic E-state index is 12.9. The fourth-order valence-corrected chi connectivity index (χ4v) is 5.39. The van der Waals surface area contributed by atoms with E-state index in [2.05, 4.69) is 32.0 Å². The Hall–Kier alpha value is -3.64. The number of carbonyl (C=O) groups excluding carboxylic acids is 1. The number of carbonyl (C=O) groups is 1. The summed E-state index contributed by atoms with van der Waals surface area (Å²) in [5.74, 6) is 1.27. The summed E-state index contributed by atoms with van der Waals surface area (Å²) < 4.78 is 7.75. The van der Waals surface area contributed by atoms with Crippen LogP contribution in [0.1, 0.15) is 44.4 Å². The lowest BCUT2D eigenvalue weighted by molar-refractivity contribution is -0.113. The van der Waals surface area contributed by atoms with Crippen molar-refractivity contribution in [3.05, 3.63) is 54.6 Å². The van der Waals surface area contributed by atoms with Gasteiger partial charge in [-0.05, 0) is 43.0 Å². The predicted octanol–water partition coefficient (Wildman–Crippen LogP) is 5.44. The van der Waals surface area contributed by atoms with Crippen LogP contribution < -0.4 is 5.32 Å². The van der Waals surface area contributed by atoms with Gasteiger partial charge in [0.2, 0.25) is 11.7 Å². The summed E-state index contributed by atoms with van der Waals surface area (Å²) in [6, 6.07) is 13.4. The smallest absolute Gasteiger partial charge is 0.234 e. The summed E-state index contributed by atoms with van der Waals surface area (Å²) in [6.07, 6.45) is 8.13. The summed E-state index contributed by atoms with van der Waals surface area (Å²) in [6.45, 7) is 2.27. The van der Waals surface area contributed by atoms with E-state index in [9.17, 15) is 10.1 Å². The molecule has 1 aromatic carbocycles. The summed E-state index contributed by atoms with van der Waals surface area (Å²) in [5.41, 5.74) is 1.88. The van der Waals surface area contributed by atoms with Gasteiger partial charge in [0.05, 0.1) is 5.75 Å². The number of furan rings is 1. The van der Waals surface area contributed by atoms with Crippen LogP contribution in [0.2, 0.25) is 0 Å². The molecule has 1 saturated carbocycles. The topological polar surface area (TPSA) is 110 Å². The molecule has 172 valence electrons. The standard InChI is InChI=1S/C25H24N6O2S/c1-16-7-2-4-10-19(16)31-24(17-8-6-12-27-14-17)29-30-25(31)34-15-22(32)28-23-18-9-3-5-11-20(18)33-21(23)13-26/h3,5-6,8-9,11-12,14,16,19H,2,4,7,10,15H2,1H3,(H,28,32)/t16-,19-/m1/s1. The molecule has 8 nitrogen and oxygen atoms in total. The minimum Gasteiger partial charge on any atom is -0.443 e. The average Bonchev–Trinajstić information content (AvgIpc) is 3.45. The molecule has 0 saturated heterocycles. The molecule has 3 heterocycles. The number of benzene rings is 1. The van der Waals surface area contributed by atoms with Crippen molar-refractivity contribution in [2.75, 3.05) is 11.1 Å². The number of anilines is 1. The zero-order valence-electron chi connectivity index (χ0n) is 18.8. The monoisotopic (exact) mass is 472 g/mol. The number of nitriles is 1. The molecule has 0 spiro atoms. The molecule has 1 N–H and O–H groups in total. The van der Waals surface area contributed by atoms with Gasteiger partial charge in [0.15, 0.2) is 11.0 Å². The van der Waals surface area contributed by atoms with Crippen LogP contribution in [0, 0.1) is 17.2 Å². The van der Waals surface area contributed by atoms with Gasteiger partial charge in [-0.3, -0.25) is 14.3 Å². The number of thioether (sulfide) groups is 1. The van der Waals surface area contributed by atoms with Crippen LogP contribution in [0.15, 0.2) is 58.4 Å².